The summed E-state index contributed by atoms with van der Waals surface area (Å²) in [5.74, 6) is -0.130. The number of aliphatic hydroxyl groups is 1. The van der Waals surface area contributed by atoms with Crippen molar-refractivity contribution >= 4 is 16.8 Å². The molecule has 0 aliphatic rings. The summed E-state index contributed by atoms with van der Waals surface area (Å²) >= 11 is 0. The van der Waals surface area contributed by atoms with Crippen molar-refractivity contribution in [2.75, 3.05) is 6.54 Å². The van der Waals surface area contributed by atoms with Gasteiger partial charge in [0.2, 0.25) is 0 Å². The van der Waals surface area contributed by atoms with Crippen LogP contribution in [0.1, 0.15) is 30.3 Å². The highest BCUT2D eigenvalue weighted by Gasteiger charge is 2.09. The second-order valence-electron chi connectivity index (χ2n) is 4.38. The van der Waals surface area contributed by atoms with Crippen LogP contribution in [0.25, 0.3) is 10.9 Å². The molecule has 2 aromatic rings. The van der Waals surface area contributed by atoms with Crippen LogP contribution >= 0.6 is 0 Å². The molecule has 96 valence electrons. The van der Waals surface area contributed by atoms with Crippen molar-refractivity contribution in [3.8, 4) is 0 Å². The van der Waals surface area contributed by atoms with Gasteiger partial charge in [0.15, 0.2) is 0 Å². The topological polar surface area (TPSA) is 65.1 Å². The molecule has 1 amide bonds. The van der Waals surface area contributed by atoms with Gasteiger partial charge in [0.05, 0.1) is 6.10 Å². The largest absolute Gasteiger partial charge is 0.393 e. The summed E-state index contributed by atoms with van der Waals surface area (Å²) in [6.07, 6.45) is 0.957. The highest BCUT2D eigenvalue weighted by Crippen LogP contribution is 2.14. The van der Waals surface area contributed by atoms with E-state index >= 15 is 0 Å². The molecule has 0 fully saturated rings. The highest BCUT2D eigenvalue weighted by atomic mass is 16.3. The van der Waals surface area contributed by atoms with Gasteiger partial charge in [-0.3, -0.25) is 4.79 Å². The SMILES string of the molecule is CCC(O)CCNC(=O)c1cc2ccccc2[nH]1. The number of aromatic nitrogens is 1. The van der Waals surface area contributed by atoms with Crippen molar-refractivity contribution in [1.29, 1.82) is 0 Å². The lowest BCUT2D eigenvalue weighted by Gasteiger charge is -2.07. The lowest BCUT2D eigenvalue weighted by molar-refractivity contribution is 0.0938. The van der Waals surface area contributed by atoms with Crippen LogP contribution < -0.4 is 5.32 Å². The van der Waals surface area contributed by atoms with Crippen molar-refractivity contribution in [3.63, 3.8) is 0 Å². The van der Waals surface area contributed by atoms with Crippen LogP contribution in [0.2, 0.25) is 0 Å². The fourth-order valence-corrected chi connectivity index (χ4v) is 1.85. The zero-order chi connectivity index (χ0) is 13.0. The van der Waals surface area contributed by atoms with E-state index in [0.29, 0.717) is 25.1 Å². The minimum atomic E-state index is -0.340. The Kier molecular flexibility index (Phi) is 3.99. The van der Waals surface area contributed by atoms with E-state index in [2.05, 4.69) is 10.3 Å². The molecule has 0 spiro atoms. The molecule has 1 heterocycles. The van der Waals surface area contributed by atoms with E-state index in [-0.39, 0.29) is 12.0 Å². The van der Waals surface area contributed by atoms with E-state index in [1.165, 1.54) is 0 Å². The summed E-state index contributed by atoms with van der Waals surface area (Å²) in [5.41, 5.74) is 1.51. The number of H-pyrrole nitrogens is 1. The Morgan fingerprint density at radius 3 is 2.94 bits per heavy atom. The van der Waals surface area contributed by atoms with Crippen molar-refractivity contribution in [1.82, 2.24) is 10.3 Å². The molecule has 0 aliphatic carbocycles. The van der Waals surface area contributed by atoms with Crippen molar-refractivity contribution in [2.24, 2.45) is 0 Å². The quantitative estimate of drug-likeness (QED) is 0.756. The van der Waals surface area contributed by atoms with Crippen molar-refractivity contribution in [2.45, 2.75) is 25.9 Å². The van der Waals surface area contributed by atoms with E-state index in [4.69, 9.17) is 0 Å². The van der Waals surface area contributed by atoms with Gasteiger partial charge in [0, 0.05) is 17.4 Å². The predicted octanol–water partition coefficient (Wildman–Crippen LogP) is 2.06. The Balaban J connectivity index is 1.96. The lowest BCUT2D eigenvalue weighted by atomic mass is 10.2. The summed E-state index contributed by atoms with van der Waals surface area (Å²) in [5, 5.41) is 13.2. The lowest BCUT2D eigenvalue weighted by Crippen LogP contribution is -2.27. The molecular weight excluding hydrogens is 228 g/mol. The third-order valence-electron chi connectivity index (χ3n) is 3.01. The Labute approximate surface area is 106 Å². The maximum Gasteiger partial charge on any atom is 0.267 e. The van der Waals surface area contributed by atoms with E-state index in [9.17, 15) is 9.90 Å². The fraction of sp³-hybridized carbons (Fsp3) is 0.357. The van der Waals surface area contributed by atoms with E-state index < -0.39 is 0 Å². The Bertz CT molecular complexity index is 500. The van der Waals surface area contributed by atoms with E-state index in [1.54, 1.807) is 0 Å². The predicted molar refractivity (Wildman–Crippen MR) is 71.5 cm³/mol. The molecule has 0 saturated carbocycles. The molecule has 1 aromatic carbocycles. The first-order valence-corrected chi connectivity index (χ1v) is 6.24. The maximum atomic E-state index is 11.9. The summed E-state index contributed by atoms with van der Waals surface area (Å²) < 4.78 is 0. The molecule has 18 heavy (non-hydrogen) atoms. The molecule has 3 N–H and O–H groups in total. The van der Waals surface area contributed by atoms with Gasteiger partial charge in [-0.1, -0.05) is 25.1 Å². The van der Waals surface area contributed by atoms with Crippen LogP contribution in [0.5, 0.6) is 0 Å². The Morgan fingerprint density at radius 1 is 1.44 bits per heavy atom. The molecule has 0 radical (unpaired) electrons. The first-order chi connectivity index (χ1) is 8.70. The number of fused-ring (bicyclic) bond motifs is 1. The zero-order valence-corrected chi connectivity index (χ0v) is 10.4. The standard InChI is InChI=1S/C14H18N2O2/c1-2-11(17)7-8-15-14(18)13-9-10-5-3-4-6-12(10)16-13/h3-6,9,11,16-17H,2,7-8H2,1H3,(H,15,18). The average Bonchev–Trinajstić information content (AvgIpc) is 2.82. The van der Waals surface area contributed by atoms with E-state index in [1.807, 2.05) is 37.3 Å². The monoisotopic (exact) mass is 246 g/mol. The molecule has 4 nitrogen and oxygen atoms in total. The number of carbonyl (C=O) groups is 1. The van der Waals surface area contributed by atoms with Crippen LogP contribution in [0.4, 0.5) is 0 Å². The van der Waals surface area contributed by atoms with Gasteiger partial charge >= 0.3 is 0 Å². The van der Waals surface area contributed by atoms with E-state index in [0.717, 1.165) is 10.9 Å². The van der Waals surface area contributed by atoms with Gasteiger partial charge in [-0.2, -0.15) is 0 Å². The summed E-state index contributed by atoms with van der Waals surface area (Å²) in [6.45, 7) is 2.41. The third kappa shape index (κ3) is 2.90. The van der Waals surface area contributed by atoms with Gasteiger partial charge in [-0.05, 0) is 25.0 Å². The molecular formula is C14H18N2O2. The fourth-order valence-electron chi connectivity index (χ4n) is 1.85. The van der Waals surface area contributed by atoms with Gasteiger partial charge in [0.1, 0.15) is 5.69 Å². The smallest absolute Gasteiger partial charge is 0.267 e. The number of carbonyl (C=O) groups excluding carboxylic acids is 1. The number of nitrogens with one attached hydrogen (secondary N) is 2. The Morgan fingerprint density at radius 2 is 2.22 bits per heavy atom. The minimum Gasteiger partial charge on any atom is -0.393 e. The normalized spacial score (nSPS) is 12.6. The van der Waals surface area contributed by atoms with Gasteiger partial charge in [0.25, 0.3) is 5.91 Å². The summed E-state index contributed by atoms with van der Waals surface area (Å²) in [4.78, 5) is 14.9. The highest BCUT2D eigenvalue weighted by molar-refractivity contribution is 5.97. The number of para-hydroxylation sites is 1. The van der Waals surface area contributed by atoms with Crippen LogP contribution in [0, 0.1) is 0 Å². The minimum absolute atomic E-state index is 0.130. The molecule has 0 aliphatic heterocycles. The second-order valence-corrected chi connectivity index (χ2v) is 4.38. The Hall–Kier alpha value is -1.81. The second kappa shape index (κ2) is 5.69. The van der Waals surface area contributed by atoms with Crippen molar-refractivity contribution in [3.05, 3.63) is 36.0 Å². The number of aliphatic hydroxyl groups excluding tert-OH is 1. The summed E-state index contributed by atoms with van der Waals surface area (Å²) in [6, 6.07) is 9.60. The number of benzene rings is 1. The molecule has 1 unspecified atom stereocenters. The number of hydrogen-bond donors (Lipinski definition) is 3. The van der Waals surface area contributed by atoms with Crippen LogP contribution in [0.3, 0.4) is 0 Å². The molecule has 0 saturated heterocycles. The first-order valence-electron chi connectivity index (χ1n) is 6.24. The summed E-state index contributed by atoms with van der Waals surface area (Å²) in [7, 11) is 0. The molecule has 2 rings (SSSR count). The first kappa shape index (κ1) is 12.6. The average molecular weight is 246 g/mol. The number of aromatic amines is 1. The molecule has 4 heteroatoms. The van der Waals surface area contributed by atoms with Crippen LogP contribution in [-0.4, -0.2) is 28.6 Å². The third-order valence-corrected chi connectivity index (χ3v) is 3.01. The van der Waals surface area contributed by atoms with Gasteiger partial charge in [-0.15, -0.1) is 0 Å². The van der Waals surface area contributed by atoms with Crippen molar-refractivity contribution < 1.29 is 9.90 Å². The number of amides is 1. The molecule has 1 atom stereocenters. The van der Waals surface area contributed by atoms with Gasteiger partial charge in [-0.25, -0.2) is 0 Å². The molecule has 0 bridgehead atoms. The zero-order valence-electron chi connectivity index (χ0n) is 10.4. The van der Waals surface area contributed by atoms with Gasteiger partial charge < -0.3 is 15.4 Å². The molecule has 1 aromatic heterocycles. The number of hydrogen-bond acceptors (Lipinski definition) is 2. The number of rotatable bonds is 5. The maximum absolute atomic E-state index is 11.9. The van der Waals surface area contributed by atoms with Crippen LogP contribution in [-0.2, 0) is 0 Å². The van der Waals surface area contributed by atoms with Crippen LogP contribution in [0.15, 0.2) is 30.3 Å².